The molecule has 7 aromatic carbocycles. The zero-order chi connectivity index (χ0) is 29.7. The lowest BCUT2D eigenvalue weighted by molar-refractivity contribution is 0.623. The number of hydrogen-bond donors (Lipinski definition) is 0. The average molecular weight is 577 g/mol. The first-order valence-corrected chi connectivity index (χ1v) is 14.9. The minimum absolute atomic E-state index is 0.617. The number of rotatable bonds is 4. The molecule has 0 unspecified atom stereocenters. The van der Waals surface area contributed by atoms with Crippen LogP contribution in [-0.2, 0) is 0 Å². The predicted octanol–water partition coefficient (Wildman–Crippen LogP) is 10.1. The van der Waals surface area contributed by atoms with E-state index in [1.165, 1.54) is 0 Å². The molecule has 5 heteroatoms. The Morgan fingerprint density at radius 2 is 1.07 bits per heavy atom. The summed E-state index contributed by atoms with van der Waals surface area (Å²) < 4.78 is 6.41. The molecule has 0 atom stereocenters. The normalized spacial score (nSPS) is 11.6. The summed E-state index contributed by atoms with van der Waals surface area (Å²) in [5.74, 6) is 2.52. The first-order chi connectivity index (χ1) is 22.3. The second-order valence-electron chi connectivity index (χ2n) is 11.1. The maximum absolute atomic E-state index is 6.41. The zero-order valence-electron chi connectivity index (χ0n) is 24.1. The number of fused-ring (bicyclic) bond motifs is 6. The minimum Gasteiger partial charge on any atom is -0.435 e. The maximum atomic E-state index is 6.41. The smallest absolute Gasteiger partial charge is 0.227 e. The summed E-state index contributed by atoms with van der Waals surface area (Å²) in [6.07, 6.45) is 0. The topological polar surface area (TPSA) is 64.7 Å². The van der Waals surface area contributed by atoms with Gasteiger partial charge in [0, 0.05) is 27.6 Å². The van der Waals surface area contributed by atoms with E-state index in [2.05, 4.69) is 66.7 Å². The molecule has 45 heavy (non-hydrogen) atoms. The molecular formula is C40H24N4O. The van der Waals surface area contributed by atoms with E-state index in [4.69, 9.17) is 24.4 Å². The summed E-state index contributed by atoms with van der Waals surface area (Å²) in [4.78, 5) is 19.8. The van der Waals surface area contributed by atoms with Gasteiger partial charge in [-0.2, -0.15) is 0 Å². The first-order valence-electron chi connectivity index (χ1n) is 14.9. The Morgan fingerprint density at radius 3 is 1.91 bits per heavy atom. The van der Waals surface area contributed by atoms with Crippen LogP contribution in [0.15, 0.2) is 150 Å². The second-order valence-corrected chi connectivity index (χ2v) is 11.1. The van der Waals surface area contributed by atoms with Crippen molar-refractivity contribution in [1.82, 2.24) is 19.9 Å². The highest BCUT2D eigenvalue weighted by atomic mass is 16.3. The molecule has 0 amide bonds. The third kappa shape index (κ3) is 4.33. The van der Waals surface area contributed by atoms with Crippen LogP contribution in [0, 0.1) is 0 Å². The summed E-state index contributed by atoms with van der Waals surface area (Å²) in [6, 6.07) is 49.5. The summed E-state index contributed by atoms with van der Waals surface area (Å²) in [5.41, 5.74) is 5.41. The number of nitrogens with zero attached hydrogens (tertiary/aromatic N) is 4. The molecule has 0 spiro atoms. The van der Waals surface area contributed by atoms with Crippen LogP contribution in [0.3, 0.4) is 0 Å². The van der Waals surface area contributed by atoms with Crippen molar-refractivity contribution in [3.63, 3.8) is 0 Å². The van der Waals surface area contributed by atoms with Gasteiger partial charge >= 0.3 is 0 Å². The van der Waals surface area contributed by atoms with E-state index in [1.54, 1.807) is 0 Å². The molecule has 0 bridgehead atoms. The quantitative estimate of drug-likeness (QED) is 0.195. The molecule has 0 aliphatic heterocycles. The first kappa shape index (κ1) is 25.3. The van der Waals surface area contributed by atoms with Crippen LogP contribution in [0.5, 0.6) is 0 Å². The van der Waals surface area contributed by atoms with Gasteiger partial charge in [0.2, 0.25) is 5.89 Å². The van der Waals surface area contributed by atoms with E-state index < -0.39 is 0 Å². The van der Waals surface area contributed by atoms with Crippen molar-refractivity contribution in [3.05, 3.63) is 146 Å². The molecule has 0 N–H and O–H groups in total. The largest absolute Gasteiger partial charge is 0.435 e. The third-order valence-electron chi connectivity index (χ3n) is 8.33. The molecule has 0 aliphatic carbocycles. The fourth-order valence-corrected chi connectivity index (χ4v) is 6.14. The Hall–Kier alpha value is -6.20. The molecule has 0 saturated carbocycles. The van der Waals surface area contributed by atoms with Crippen molar-refractivity contribution in [2.45, 2.75) is 0 Å². The van der Waals surface area contributed by atoms with Crippen LogP contribution in [-0.4, -0.2) is 19.9 Å². The molecule has 2 aromatic heterocycles. The highest BCUT2D eigenvalue weighted by Gasteiger charge is 2.17. The van der Waals surface area contributed by atoms with Gasteiger partial charge in [-0.05, 0) is 51.2 Å². The maximum Gasteiger partial charge on any atom is 0.227 e. The van der Waals surface area contributed by atoms with Gasteiger partial charge < -0.3 is 4.42 Å². The van der Waals surface area contributed by atoms with Crippen LogP contribution in [0.25, 0.3) is 89.0 Å². The summed E-state index contributed by atoms with van der Waals surface area (Å²) in [5, 5.41) is 6.55. The van der Waals surface area contributed by atoms with E-state index >= 15 is 0 Å². The lowest BCUT2D eigenvalue weighted by Crippen LogP contribution is -2.00. The van der Waals surface area contributed by atoms with Gasteiger partial charge in [0.1, 0.15) is 5.52 Å². The third-order valence-corrected chi connectivity index (χ3v) is 8.33. The Morgan fingerprint density at radius 1 is 0.400 bits per heavy atom. The van der Waals surface area contributed by atoms with E-state index in [0.29, 0.717) is 23.4 Å². The van der Waals surface area contributed by atoms with E-state index in [-0.39, 0.29) is 0 Å². The van der Waals surface area contributed by atoms with Gasteiger partial charge in [0.15, 0.2) is 23.1 Å². The summed E-state index contributed by atoms with van der Waals surface area (Å²) in [7, 11) is 0. The Balaban J connectivity index is 1.24. The van der Waals surface area contributed by atoms with Gasteiger partial charge in [-0.3, -0.25) is 0 Å². The van der Waals surface area contributed by atoms with Crippen molar-refractivity contribution in [1.29, 1.82) is 0 Å². The Bertz CT molecular complexity index is 2530. The van der Waals surface area contributed by atoms with Crippen LogP contribution >= 0.6 is 0 Å². The number of aromatic nitrogens is 4. The van der Waals surface area contributed by atoms with E-state index in [9.17, 15) is 0 Å². The van der Waals surface area contributed by atoms with Gasteiger partial charge in [-0.25, -0.2) is 19.9 Å². The van der Waals surface area contributed by atoms with Crippen LogP contribution in [0.4, 0.5) is 0 Å². The summed E-state index contributed by atoms with van der Waals surface area (Å²) in [6.45, 7) is 0. The fourth-order valence-electron chi connectivity index (χ4n) is 6.14. The Labute approximate surface area is 258 Å². The lowest BCUT2D eigenvalue weighted by atomic mass is 9.99. The van der Waals surface area contributed by atoms with Crippen LogP contribution < -0.4 is 0 Å². The van der Waals surface area contributed by atoms with E-state index in [1.807, 2.05) is 78.9 Å². The molecule has 0 aliphatic rings. The monoisotopic (exact) mass is 576 g/mol. The lowest BCUT2D eigenvalue weighted by Gasteiger charge is -2.11. The molecule has 0 radical (unpaired) electrons. The van der Waals surface area contributed by atoms with Crippen molar-refractivity contribution >= 4 is 43.4 Å². The van der Waals surface area contributed by atoms with Crippen LogP contribution in [0.1, 0.15) is 0 Å². The zero-order valence-corrected chi connectivity index (χ0v) is 24.1. The standard InChI is InChI=1S/C40H24N4O/c1-3-11-27(12-4-1)37-42-38(44-39(43-37)33-17-9-15-25-10-7-8-16-31(25)33)30-20-22-32-29(24-30)19-18-26-21-23-34-36(35(26)32)45-40(41-34)28-13-5-2-6-14-28/h1-24H. The molecule has 0 fully saturated rings. The molecule has 210 valence electrons. The van der Waals surface area contributed by atoms with Gasteiger partial charge in [0.25, 0.3) is 0 Å². The van der Waals surface area contributed by atoms with Gasteiger partial charge in [-0.15, -0.1) is 0 Å². The number of benzene rings is 7. The van der Waals surface area contributed by atoms with Crippen molar-refractivity contribution in [3.8, 4) is 45.6 Å². The average Bonchev–Trinajstić information content (AvgIpc) is 3.56. The van der Waals surface area contributed by atoms with Crippen LogP contribution in [0.2, 0.25) is 0 Å². The van der Waals surface area contributed by atoms with E-state index in [0.717, 1.165) is 65.7 Å². The van der Waals surface area contributed by atoms with Gasteiger partial charge in [0.05, 0.1) is 0 Å². The second kappa shape index (κ2) is 10.2. The summed E-state index contributed by atoms with van der Waals surface area (Å²) >= 11 is 0. The molecule has 9 aromatic rings. The number of hydrogen-bond acceptors (Lipinski definition) is 5. The van der Waals surface area contributed by atoms with Crippen molar-refractivity contribution in [2.24, 2.45) is 0 Å². The molecular weight excluding hydrogens is 552 g/mol. The molecule has 9 rings (SSSR count). The number of oxazole rings is 1. The SMILES string of the molecule is c1ccc(-c2nc(-c3ccc4c(ccc5ccc6nc(-c7ccccc7)oc6c54)c3)nc(-c3cccc4ccccc34)n2)cc1. The van der Waals surface area contributed by atoms with Crippen molar-refractivity contribution < 1.29 is 4.42 Å². The highest BCUT2D eigenvalue weighted by Crippen LogP contribution is 2.37. The Kier molecular flexibility index (Phi) is 5.74. The predicted molar refractivity (Wildman–Crippen MR) is 182 cm³/mol. The molecule has 5 nitrogen and oxygen atoms in total. The highest BCUT2D eigenvalue weighted by molar-refractivity contribution is 6.18. The van der Waals surface area contributed by atoms with Crippen molar-refractivity contribution in [2.75, 3.05) is 0 Å². The molecule has 2 heterocycles. The fraction of sp³-hybridized carbons (Fsp3) is 0. The minimum atomic E-state index is 0.617. The van der Waals surface area contributed by atoms with Gasteiger partial charge in [-0.1, -0.05) is 121 Å². The molecule has 0 saturated heterocycles.